The highest BCUT2D eigenvalue weighted by molar-refractivity contribution is 5.94. The van der Waals surface area contributed by atoms with Crippen LogP contribution in [0, 0.1) is 0 Å². The van der Waals surface area contributed by atoms with E-state index in [2.05, 4.69) is 10.4 Å². The van der Waals surface area contributed by atoms with Gasteiger partial charge in [0.1, 0.15) is 0 Å². The van der Waals surface area contributed by atoms with E-state index in [4.69, 9.17) is 9.47 Å². The summed E-state index contributed by atoms with van der Waals surface area (Å²) < 4.78 is 12.4. The van der Waals surface area contributed by atoms with Gasteiger partial charge in [-0.15, -0.1) is 0 Å². The van der Waals surface area contributed by atoms with Gasteiger partial charge in [-0.1, -0.05) is 6.07 Å². The fourth-order valence-electron chi connectivity index (χ4n) is 2.52. The van der Waals surface area contributed by atoms with Crippen LogP contribution in [0.25, 0.3) is 5.69 Å². The molecule has 120 valence electrons. The molecule has 0 bridgehead atoms. The van der Waals surface area contributed by atoms with E-state index < -0.39 is 0 Å². The first-order chi connectivity index (χ1) is 11.8. The summed E-state index contributed by atoms with van der Waals surface area (Å²) in [5.41, 5.74) is 2.47. The summed E-state index contributed by atoms with van der Waals surface area (Å²) in [6.45, 7) is 0.671. The molecule has 6 heteroatoms. The maximum Gasteiger partial charge on any atom is 0.251 e. The third kappa shape index (κ3) is 2.81. The second-order valence-electron chi connectivity index (χ2n) is 5.37. The number of fused-ring (bicyclic) bond motifs is 1. The average Bonchev–Trinajstić information content (AvgIpc) is 3.31. The van der Waals surface area contributed by atoms with Crippen LogP contribution in [0.3, 0.4) is 0 Å². The molecule has 2 aromatic carbocycles. The topological polar surface area (TPSA) is 65.4 Å². The average molecular weight is 321 g/mol. The van der Waals surface area contributed by atoms with Crippen LogP contribution in [0.4, 0.5) is 0 Å². The van der Waals surface area contributed by atoms with Crippen molar-refractivity contribution in [2.75, 3.05) is 6.79 Å². The van der Waals surface area contributed by atoms with Gasteiger partial charge in [0.05, 0.1) is 5.69 Å². The van der Waals surface area contributed by atoms with Crippen LogP contribution in [0.15, 0.2) is 60.9 Å². The molecule has 3 aromatic rings. The summed E-state index contributed by atoms with van der Waals surface area (Å²) in [6, 6.07) is 14.8. The van der Waals surface area contributed by atoms with Crippen LogP contribution in [0.1, 0.15) is 15.9 Å². The van der Waals surface area contributed by atoms with Gasteiger partial charge in [0.15, 0.2) is 11.5 Å². The van der Waals surface area contributed by atoms with Gasteiger partial charge in [-0.05, 0) is 48.0 Å². The fourth-order valence-corrected chi connectivity index (χ4v) is 2.52. The second kappa shape index (κ2) is 6.08. The normalized spacial score (nSPS) is 12.2. The predicted molar refractivity (Wildman–Crippen MR) is 87.3 cm³/mol. The van der Waals surface area contributed by atoms with Gasteiger partial charge >= 0.3 is 0 Å². The Bertz CT molecular complexity index is 858. The predicted octanol–water partition coefficient (Wildman–Crippen LogP) is 2.53. The lowest BCUT2D eigenvalue weighted by Gasteiger charge is -2.07. The van der Waals surface area contributed by atoms with Crippen molar-refractivity contribution in [3.63, 3.8) is 0 Å². The maximum absolute atomic E-state index is 12.3. The first-order valence-electron chi connectivity index (χ1n) is 7.56. The van der Waals surface area contributed by atoms with Gasteiger partial charge in [-0.3, -0.25) is 4.79 Å². The molecule has 0 aliphatic carbocycles. The molecule has 0 saturated carbocycles. The summed E-state index contributed by atoms with van der Waals surface area (Å²) in [6.07, 6.45) is 3.57. The summed E-state index contributed by atoms with van der Waals surface area (Å²) in [4.78, 5) is 12.3. The number of amides is 1. The number of nitrogens with zero attached hydrogens (tertiary/aromatic N) is 2. The molecule has 0 fully saturated rings. The van der Waals surface area contributed by atoms with Crippen LogP contribution in [0.5, 0.6) is 11.5 Å². The van der Waals surface area contributed by atoms with E-state index in [9.17, 15) is 4.79 Å². The first-order valence-corrected chi connectivity index (χ1v) is 7.56. The maximum atomic E-state index is 12.3. The zero-order valence-electron chi connectivity index (χ0n) is 12.8. The monoisotopic (exact) mass is 321 g/mol. The molecule has 1 N–H and O–H groups in total. The van der Waals surface area contributed by atoms with E-state index in [1.54, 1.807) is 23.0 Å². The minimum absolute atomic E-state index is 0.125. The van der Waals surface area contributed by atoms with Gasteiger partial charge in [-0.2, -0.15) is 5.10 Å². The highest BCUT2D eigenvalue weighted by Crippen LogP contribution is 2.32. The quantitative estimate of drug-likeness (QED) is 0.802. The van der Waals surface area contributed by atoms with Gasteiger partial charge < -0.3 is 14.8 Å². The van der Waals surface area contributed by atoms with Gasteiger partial charge in [-0.25, -0.2) is 4.68 Å². The lowest BCUT2D eigenvalue weighted by molar-refractivity contribution is 0.0951. The molecule has 0 unspecified atom stereocenters. The molecule has 0 saturated heterocycles. The number of nitrogens with one attached hydrogen (secondary N) is 1. The smallest absolute Gasteiger partial charge is 0.251 e. The molecule has 1 aliphatic rings. The molecule has 1 aromatic heterocycles. The lowest BCUT2D eigenvalue weighted by atomic mass is 10.1. The number of hydrogen-bond donors (Lipinski definition) is 1. The number of rotatable bonds is 4. The van der Waals surface area contributed by atoms with E-state index >= 15 is 0 Å². The zero-order valence-corrected chi connectivity index (χ0v) is 12.8. The van der Waals surface area contributed by atoms with E-state index in [-0.39, 0.29) is 12.7 Å². The number of aromatic nitrogens is 2. The number of ether oxygens (including phenoxy) is 2. The third-order valence-corrected chi connectivity index (χ3v) is 3.79. The Kier molecular flexibility index (Phi) is 3.63. The van der Waals surface area contributed by atoms with Crippen molar-refractivity contribution in [1.29, 1.82) is 0 Å². The molecule has 6 nitrogen and oxygen atoms in total. The van der Waals surface area contributed by atoms with Crippen molar-refractivity contribution in [2.24, 2.45) is 0 Å². The van der Waals surface area contributed by atoms with E-state index in [1.165, 1.54) is 0 Å². The van der Waals surface area contributed by atoms with E-state index in [1.807, 2.05) is 42.6 Å². The summed E-state index contributed by atoms with van der Waals surface area (Å²) in [7, 11) is 0. The minimum atomic E-state index is -0.125. The molecule has 0 atom stereocenters. The minimum Gasteiger partial charge on any atom is -0.454 e. The molecule has 2 heterocycles. The SMILES string of the molecule is O=C(NCc1ccc2c(c1)OCO2)c1ccc(-n2cccn2)cc1. The number of carbonyl (C=O) groups is 1. The Hall–Kier alpha value is -3.28. The molecule has 1 aliphatic heterocycles. The highest BCUT2D eigenvalue weighted by Gasteiger charge is 2.13. The Morgan fingerprint density at radius 2 is 1.96 bits per heavy atom. The molecule has 4 rings (SSSR count). The second-order valence-corrected chi connectivity index (χ2v) is 5.37. The molecular weight excluding hydrogens is 306 g/mol. The Morgan fingerprint density at radius 3 is 2.75 bits per heavy atom. The van der Waals surface area contributed by atoms with Crippen molar-refractivity contribution in [2.45, 2.75) is 6.54 Å². The van der Waals surface area contributed by atoms with Crippen molar-refractivity contribution in [3.05, 3.63) is 72.1 Å². The van der Waals surface area contributed by atoms with Crippen LogP contribution in [0.2, 0.25) is 0 Å². The van der Waals surface area contributed by atoms with Crippen LogP contribution >= 0.6 is 0 Å². The van der Waals surface area contributed by atoms with Crippen LogP contribution in [-0.2, 0) is 6.54 Å². The Balaban J connectivity index is 1.41. The standard InChI is InChI=1S/C18H15N3O3/c22-18(14-3-5-15(6-4-14)21-9-1-8-20-21)19-11-13-2-7-16-17(10-13)24-12-23-16/h1-10H,11-12H2,(H,19,22). The number of benzene rings is 2. The first kappa shape index (κ1) is 14.3. The van der Waals surface area contributed by atoms with Crippen LogP contribution < -0.4 is 14.8 Å². The van der Waals surface area contributed by atoms with Gasteiger partial charge in [0.2, 0.25) is 6.79 Å². The van der Waals surface area contributed by atoms with Crippen LogP contribution in [-0.4, -0.2) is 22.5 Å². The van der Waals surface area contributed by atoms with Crippen molar-refractivity contribution < 1.29 is 14.3 Å². The number of hydrogen-bond acceptors (Lipinski definition) is 4. The van der Waals surface area contributed by atoms with Crippen molar-refractivity contribution in [3.8, 4) is 17.2 Å². The summed E-state index contributed by atoms with van der Waals surface area (Å²) in [5, 5.41) is 7.06. The van der Waals surface area contributed by atoms with Crippen molar-refractivity contribution in [1.82, 2.24) is 15.1 Å². The molecule has 0 radical (unpaired) electrons. The molecule has 1 amide bonds. The molecular formula is C18H15N3O3. The Morgan fingerprint density at radius 1 is 1.12 bits per heavy atom. The third-order valence-electron chi connectivity index (χ3n) is 3.79. The summed E-state index contributed by atoms with van der Waals surface area (Å²) in [5.74, 6) is 1.32. The van der Waals surface area contributed by atoms with E-state index in [0.29, 0.717) is 17.9 Å². The van der Waals surface area contributed by atoms with Gasteiger partial charge in [0.25, 0.3) is 5.91 Å². The van der Waals surface area contributed by atoms with E-state index in [0.717, 1.165) is 17.0 Å². The Labute approximate surface area is 138 Å². The highest BCUT2D eigenvalue weighted by atomic mass is 16.7. The largest absolute Gasteiger partial charge is 0.454 e. The van der Waals surface area contributed by atoms with Crippen molar-refractivity contribution >= 4 is 5.91 Å². The summed E-state index contributed by atoms with van der Waals surface area (Å²) >= 11 is 0. The van der Waals surface area contributed by atoms with Gasteiger partial charge in [0, 0.05) is 24.5 Å². The number of carbonyl (C=O) groups excluding carboxylic acids is 1. The fraction of sp³-hybridized carbons (Fsp3) is 0.111. The zero-order chi connectivity index (χ0) is 16.4. The lowest BCUT2D eigenvalue weighted by Crippen LogP contribution is -2.22. The molecule has 0 spiro atoms. The molecule has 24 heavy (non-hydrogen) atoms.